The fourth-order valence-electron chi connectivity index (χ4n) is 4.88. The molecule has 4 nitrogen and oxygen atoms in total. The summed E-state index contributed by atoms with van der Waals surface area (Å²) < 4.78 is 20.6. The van der Waals surface area contributed by atoms with Gasteiger partial charge in [-0.25, -0.2) is 4.39 Å². The number of halogens is 2. The van der Waals surface area contributed by atoms with E-state index in [9.17, 15) is 9.50 Å². The Kier molecular flexibility index (Phi) is 7.99. The summed E-state index contributed by atoms with van der Waals surface area (Å²) in [7, 11) is 0. The van der Waals surface area contributed by atoms with Crippen molar-refractivity contribution in [3.8, 4) is 5.75 Å². The highest BCUT2D eigenvalue weighted by Gasteiger charge is 2.33. The van der Waals surface area contributed by atoms with Crippen LogP contribution in [0.3, 0.4) is 0 Å². The molecule has 6 heteroatoms. The molecule has 1 aliphatic heterocycles. The van der Waals surface area contributed by atoms with Gasteiger partial charge in [-0.1, -0.05) is 47.0 Å². The topological polar surface area (TPSA) is 44.7 Å². The summed E-state index contributed by atoms with van der Waals surface area (Å²) in [4.78, 5) is 2.52. The third-order valence-electron chi connectivity index (χ3n) is 6.68. The van der Waals surface area contributed by atoms with Gasteiger partial charge in [0.05, 0.1) is 6.10 Å². The number of hydrogen-bond donors (Lipinski definition) is 2. The minimum absolute atomic E-state index is 0.198. The molecule has 1 saturated carbocycles. The van der Waals surface area contributed by atoms with E-state index >= 15 is 0 Å². The molecule has 3 atom stereocenters. The largest absolute Gasteiger partial charge is 0.489 e. The van der Waals surface area contributed by atoms with E-state index in [2.05, 4.69) is 38.3 Å². The van der Waals surface area contributed by atoms with Gasteiger partial charge in [-0.2, -0.15) is 0 Å². The Bertz CT molecular complexity index is 842. The molecule has 0 aromatic heterocycles. The van der Waals surface area contributed by atoms with E-state index in [0.29, 0.717) is 17.4 Å². The van der Waals surface area contributed by atoms with Gasteiger partial charge in [0.25, 0.3) is 0 Å². The van der Waals surface area contributed by atoms with Gasteiger partial charge >= 0.3 is 0 Å². The van der Waals surface area contributed by atoms with E-state index in [0.717, 1.165) is 62.2 Å². The molecule has 168 valence electrons. The van der Waals surface area contributed by atoms with Crippen LogP contribution in [0.1, 0.15) is 42.7 Å². The molecule has 1 heterocycles. The van der Waals surface area contributed by atoms with Crippen LogP contribution >= 0.6 is 15.9 Å². The molecule has 2 fully saturated rings. The van der Waals surface area contributed by atoms with Crippen molar-refractivity contribution < 1.29 is 14.2 Å². The molecule has 3 unspecified atom stereocenters. The summed E-state index contributed by atoms with van der Waals surface area (Å²) in [6, 6.07) is 13.2. The molecule has 2 aromatic carbocycles. The van der Waals surface area contributed by atoms with Crippen LogP contribution in [0, 0.1) is 11.7 Å². The molecule has 2 aliphatic rings. The Labute approximate surface area is 192 Å². The molecular formula is C25H32BrFN2O2. The van der Waals surface area contributed by atoms with Gasteiger partial charge in [0, 0.05) is 48.7 Å². The van der Waals surface area contributed by atoms with E-state index in [1.54, 1.807) is 6.07 Å². The molecule has 4 rings (SSSR count). The lowest BCUT2D eigenvalue weighted by Crippen LogP contribution is -2.46. The predicted molar refractivity (Wildman–Crippen MR) is 125 cm³/mol. The molecule has 0 spiro atoms. The average molecular weight is 491 g/mol. The van der Waals surface area contributed by atoms with Crippen molar-refractivity contribution in [3.63, 3.8) is 0 Å². The standard InChI is InChI=1S/C25H32BrFN2O2/c26-20-8-5-19(24(27)15-20)17-31-21-9-6-18(7-10-21)23(16-29-13-11-28-12-14-29)22-3-1-2-4-25(22)30/h5-10,15,22-23,25,28,30H,1-4,11-14,16-17H2. The average Bonchev–Trinajstić information content (AvgIpc) is 2.79. The highest BCUT2D eigenvalue weighted by atomic mass is 79.9. The van der Waals surface area contributed by atoms with Crippen molar-refractivity contribution >= 4 is 15.9 Å². The van der Waals surface area contributed by atoms with E-state index in [1.165, 1.54) is 18.1 Å². The zero-order valence-corrected chi connectivity index (χ0v) is 19.5. The van der Waals surface area contributed by atoms with Crippen LogP contribution in [0.5, 0.6) is 5.75 Å². The Hall–Kier alpha value is -1.47. The molecule has 2 aromatic rings. The van der Waals surface area contributed by atoms with Crippen molar-refractivity contribution in [3.05, 3.63) is 63.9 Å². The van der Waals surface area contributed by atoms with Crippen LogP contribution in [0.4, 0.5) is 4.39 Å². The van der Waals surface area contributed by atoms with Gasteiger partial charge in [-0.05, 0) is 48.6 Å². The maximum atomic E-state index is 14.0. The zero-order chi connectivity index (χ0) is 21.6. The molecule has 0 radical (unpaired) electrons. The Balaban J connectivity index is 1.45. The smallest absolute Gasteiger partial charge is 0.130 e. The second-order valence-electron chi connectivity index (χ2n) is 8.77. The first-order valence-corrected chi connectivity index (χ1v) is 12.2. The number of hydrogen-bond acceptors (Lipinski definition) is 4. The summed E-state index contributed by atoms with van der Waals surface area (Å²) in [5.74, 6) is 1.07. The second kappa shape index (κ2) is 10.9. The van der Waals surface area contributed by atoms with Crippen molar-refractivity contribution in [2.45, 2.75) is 44.3 Å². The minimum Gasteiger partial charge on any atom is -0.489 e. The molecule has 2 N–H and O–H groups in total. The summed E-state index contributed by atoms with van der Waals surface area (Å²) >= 11 is 3.28. The summed E-state index contributed by atoms with van der Waals surface area (Å²) in [5.41, 5.74) is 1.79. The van der Waals surface area contributed by atoms with Crippen molar-refractivity contribution in [1.82, 2.24) is 10.2 Å². The number of piperazine rings is 1. The lowest BCUT2D eigenvalue weighted by atomic mass is 9.74. The van der Waals surface area contributed by atoms with E-state index in [1.807, 2.05) is 18.2 Å². The number of benzene rings is 2. The maximum absolute atomic E-state index is 14.0. The van der Waals surface area contributed by atoms with E-state index in [4.69, 9.17) is 4.74 Å². The van der Waals surface area contributed by atoms with Crippen LogP contribution in [-0.4, -0.2) is 48.8 Å². The number of nitrogens with zero attached hydrogens (tertiary/aromatic N) is 1. The summed E-state index contributed by atoms with van der Waals surface area (Å²) in [6.07, 6.45) is 4.08. The van der Waals surface area contributed by atoms with Gasteiger partial charge in [0.1, 0.15) is 18.2 Å². The van der Waals surface area contributed by atoms with Crippen LogP contribution < -0.4 is 10.1 Å². The van der Waals surface area contributed by atoms with Gasteiger partial charge in [0.15, 0.2) is 0 Å². The van der Waals surface area contributed by atoms with Crippen LogP contribution in [0.2, 0.25) is 0 Å². The first kappa shape index (κ1) is 22.7. The lowest BCUT2D eigenvalue weighted by Gasteiger charge is -2.38. The second-order valence-corrected chi connectivity index (χ2v) is 9.68. The Morgan fingerprint density at radius 1 is 1.10 bits per heavy atom. The molecular weight excluding hydrogens is 459 g/mol. The van der Waals surface area contributed by atoms with E-state index < -0.39 is 0 Å². The number of rotatable bonds is 7. The minimum atomic E-state index is -0.270. The van der Waals surface area contributed by atoms with Crippen molar-refractivity contribution in [2.75, 3.05) is 32.7 Å². The molecule has 1 saturated heterocycles. The predicted octanol–water partition coefficient (Wildman–Crippen LogP) is 4.71. The summed E-state index contributed by atoms with van der Waals surface area (Å²) in [5, 5.41) is 14.2. The fraction of sp³-hybridized carbons (Fsp3) is 0.520. The number of ether oxygens (including phenoxy) is 1. The number of aliphatic hydroxyl groups excluding tert-OH is 1. The third-order valence-corrected chi connectivity index (χ3v) is 7.17. The quantitative estimate of drug-likeness (QED) is 0.589. The van der Waals surface area contributed by atoms with E-state index in [-0.39, 0.29) is 18.5 Å². The SMILES string of the molecule is OC1CCCCC1C(CN1CCNCC1)c1ccc(OCc2ccc(Br)cc2F)cc1. The Morgan fingerprint density at radius 3 is 2.55 bits per heavy atom. The molecule has 1 aliphatic carbocycles. The highest BCUT2D eigenvalue weighted by Crippen LogP contribution is 2.37. The van der Waals surface area contributed by atoms with Crippen molar-refractivity contribution in [1.29, 1.82) is 0 Å². The van der Waals surface area contributed by atoms with Gasteiger partial charge in [-0.15, -0.1) is 0 Å². The lowest BCUT2D eigenvalue weighted by molar-refractivity contribution is 0.0448. The fourth-order valence-corrected chi connectivity index (χ4v) is 5.21. The van der Waals surface area contributed by atoms with Crippen LogP contribution in [-0.2, 0) is 6.61 Å². The number of nitrogens with one attached hydrogen (secondary N) is 1. The first-order valence-electron chi connectivity index (χ1n) is 11.4. The molecule has 0 bridgehead atoms. The zero-order valence-electron chi connectivity index (χ0n) is 17.9. The summed E-state index contributed by atoms with van der Waals surface area (Å²) in [6.45, 7) is 5.34. The normalized spacial score (nSPS) is 23.5. The Morgan fingerprint density at radius 2 is 1.84 bits per heavy atom. The first-order chi connectivity index (χ1) is 15.1. The van der Waals surface area contributed by atoms with Crippen molar-refractivity contribution in [2.24, 2.45) is 5.92 Å². The third kappa shape index (κ3) is 6.07. The molecule has 31 heavy (non-hydrogen) atoms. The maximum Gasteiger partial charge on any atom is 0.130 e. The van der Waals surface area contributed by atoms with Crippen LogP contribution in [0.25, 0.3) is 0 Å². The number of aliphatic hydroxyl groups is 1. The van der Waals surface area contributed by atoms with Gasteiger partial charge < -0.3 is 20.1 Å². The van der Waals surface area contributed by atoms with Gasteiger partial charge in [0.2, 0.25) is 0 Å². The highest BCUT2D eigenvalue weighted by molar-refractivity contribution is 9.10. The molecule has 0 amide bonds. The van der Waals surface area contributed by atoms with Crippen LogP contribution in [0.15, 0.2) is 46.9 Å². The monoisotopic (exact) mass is 490 g/mol. The van der Waals surface area contributed by atoms with Gasteiger partial charge in [-0.3, -0.25) is 0 Å².